The van der Waals surface area contributed by atoms with E-state index in [1.807, 2.05) is 0 Å². The zero-order valence-electron chi connectivity index (χ0n) is 9.33. The largest absolute Gasteiger partial charge is 0.392 e. The van der Waals surface area contributed by atoms with Crippen molar-refractivity contribution in [3.8, 4) is 0 Å². The summed E-state index contributed by atoms with van der Waals surface area (Å²) < 4.78 is 31.9. The van der Waals surface area contributed by atoms with E-state index in [-0.39, 0.29) is 17.9 Å². The molecule has 0 heterocycles. The van der Waals surface area contributed by atoms with Crippen LogP contribution in [-0.4, -0.2) is 32.4 Å². The van der Waals surface area contributed by atoms with Crippen LogP contribution < -0.4 is 4.90 Å². The number of halogens is 2. The number of methoxy groups -OCH3 is 1. The van der Waals surface area contributed by atoms with E-state index in [0.717, 1.165) is 12.1 Å². The highest BCUT2D eigenvalue weighted by molar-refractivity contribution is 5.50. The van der Waals surface area contributed by atoms with Crippen LogP contribution >= 0.6 is 0 Å². The molecule has 1 aromatic carbocycles. The number of hydrogen-bond donors (Lipinski definition) is 1. The van der Waals surface area contributed by atoms with Gasteiger partial charge in [0.05, 0.1) is 13.2 Å². The third-order valence-corrected chi connectivity index (χ3v) is 2.27. The molecule has 0 atom stereocenters. The van der Waals surface area contributed by atoms with Crippen molar-refractivity contribution in [1.29, 1.82) is 0 Å². The highest BCUT2D eigenvalue weighted by Gasteiger charge is 2.14. The van der Waals surface area contributed by atoms with Gasteiger partial charge in [-0.2, -0.15) is 0 Å². The summed E-state index contributed by atoms with van der Waals surface area (Å²) in [6.07, 6.45) is 0. The molecule has 0 fully saturated rings. The quantitative estimate of drug-likeness (QED) is 0.834. The van der Waals surface area contributed by atoms with Gasteiger partial charge in [0.2, 0.25) is 0 Å². The lowest BCUT2D eigenvalue weighted by Gasteiger charge is -2.20. The molecule has 0 bridgehead atoms. The summed E-state index contributed by atoms with van der Waals surface area (Å²) in [5.74, 6) is -1.36. The number of rotatable bonds is 5. The van der Waals surface area contributed by atoms with E-state index in [9.17, 15) is 8.78 Å². The normalized spacial score (nSPS) is 10.6. The molecular weight excluding hydrogens is 216 g/mol. The van der Waals surface area contributed by atoms with Gasteiger partial charge in [-0.25, -0.2) is 8.78 Å². The molecule has 1 aromatic rings. The molecule has 90 valence electrons. The number of aliphatic hydroxyl groups excluding tert-OH is 1. The van der Waals surface area contributed by atoms with Gasteiger partial charge in [-0.05, 0) is 17.7 Å². The maximum atomic E-state index is 13.5. The zero-order valence-corrected chi connectivity index (χ0v) is 9.33. The maximum Gasteiger partial charge on any atom is 0.149 e. The fourth-order valence-corrected chi connectivity index (χ4v) is 1.41. The van der Waals surface area contributed by atoms with Gasteiger partial charge in [0.15, 0.2) is 0 Å². The fraction of sp³-hybridized carbons (Fsp3) is 0.455. The molecular formula is C11H15F2NO2. The zero-order chi connectivity index (χ0) is 12.1. The van der Waals surface area contributed by atoms with Gasteiger partial charge in [-0.15, -0.1) is 0 Å². The van der Waals surface area contributed by atoms with Crippen molar-refractivity contribution in [3.63, 3.8) is 0 Å². The first-order chi connectivity index (χ1) is 7.60. The Morgan fingerprint density at radius 1 is 1.31 bits per heavy atom. The van der Waals surface area contributed by atoms with Crippen molar-refractivity contribution in [3.05, 3.63) is 29.3 Å². The Bertz CT molecular complexity index is 335. The molecule has 0 aliphatic rings. The number of aliphatic hydroxyl groups is 1. The van der Waals surface area contributed by atoms with Crippen molar-refractivity contribution in [2.45, 2.75) is 6.61 Å². The lowest BCUT2D eigenvalue weighted by Crippen LogP contribution is -2.24. The standard InChI is InChI=1S/C11H15F2NO2/c1-14(3-4-16-2)11-9(12)5-8(7-15)6-10(11)13/h5-6,15H,3-4,7H2,1-2H3. The van der Waals surface area contributed by atoms with Gasteiger partial charge in [-0.3, -0.25) is 0 Å². The first-order valence-corrected chi connectivity index (χ1v) is 4.89. The van der Waals surface area contributed by atoms with Crippen molar-refractivity contribution >= 4 is 5.69 Å². The van der Waals surface area contributed by atoms with Gasteiger partial charge >= 0.3 is 0 Å². The molecule has 5 heteroatoms. The minimum absolute atomic E-state index is 0.103. The van der Waals surface area contributed by atoms with E-state index in [4.69, 9.17) is 9.84 Å². The summed E-state index contributed by atoms with van der Waals surface area (Å²) in [5.41, 5.74) is 0.119. The minimum Gasteiger partial charge on any atom is -0.392 e. The molecule has 16 heavy (non-hydrogen) atoms. The van der Waals surface area contributed by atoms with E-state index >= 15 is 0 Å². The molecule has 1 N–H and O–H groups in total. The Morgan fingerprint density at radius 2 is 1.88 bits per heavy atom. The van der Waals surface area contributed by atoms with E-state index < -0.39 is 11.6 Å². The number of hydrogen-bond acceptors (Lipinski definition) is 3. The van der Waals surface area contributed by atoms with Crippen LogP contribution in [0.5, 0.6) is 0 Å². The molecule has 0 saturated carbocycles. The van der Waals surface area contributed by atoms with Crippen molar-refractivity contribution in [1.82, 2.24) is 0 Å². The molecule has 0 aliphatic carbocycles. The monoisotopic (exact) mass is 231 g/mol. The number of ether oxygens (including phenoxy) is 1. The van der Waals surface area contributed by atoms with Crippen LogP contribution in [-0.2, 0) is 11.3 Å². The van der Waals surface area contributed by atoms with Gasteiger partial charge in [-0.1, -0.05) is 0 Å². The third kappa shape index (κ3) is 2.90. The highest BCUT2D eigenvalue weighted by Crippen LogP contribution is 2.23. The summed E-state index contributed by atoms with van der Waals surface area (Å²) in [7, 11) is 3.11. The first kappa shape index (κ1) is 12.9. The minimum atomic E-state index is -0.678. The van der Waals surface area contributed by atoms with Crippen LogP contribution in [0.25, 0.3) is 0 Å². The average Bonchev–Trinajstić information content (AvgIpc) is 2.25. The Labute approximate surface area is 93.3 Å². The smallest absolute Gasteiger partial charge is 0.149 e. The van der Waals surface area contributed by atoms with E-state index in [1.54, 1.807) is 7.05 Å². The van der Waals surface area contributed by atoms with Gasteiger partial charge < -0.3 is 14.7 Å². The lowest BCUT2D eigenvalue weighted by molar-refractivity contribution is 0.206. The second kappa shape index (κ2) is 5.77. The molecule has 3 nitrogen and oxygen atoms in total. The SMILES string of the molecule is COCCN(C)c1c(F)cc(CO)cc1F. The maximum absolute atomic E-state index is 13.5. The second-order valence-electron chi connectivity index (χ2n) is 3.48. The molecule has 0 amide bonds. The summed E-state index contributed by atoms with van der Waals surface area (Å²) in [4.78, 5) is 1.44. The molecule has 0 saturated heterocycles. The lowest BCUT2D eigenvalue weighted by atomic mass is 10.2. The predicted molar refractivity (Wildman–Crippen MR) is 57.4 cm³/mol. The van der Waals surface area contributed by atoms with E-state index in [0.29, 0.717) is 13.2 Å². The Morgan fingerprint density at radius 3 is 2.31 bits per heavy atom. The number of likely N-dealkylation sites (N-methyl/N-ethyl adjacent to an activating group) is 1. The van der Waals surface area contributed by atoms with Crippen molar-refractivity contribution < 1.29 is 18.6 Å². The predicted octanol–water partition coefficient (Wildman–Crippen LogP) is 1.54. The Balaban J connectivity index is 2.95. The Kier molecular flexibility index (Phi) is 4.64. The summed E-state index contributed by atoms with van der Waals surface area (Å²) in [5, 5.41) is 8.79. The van der Waals surface area contributed by atoms with Crippen LogP contribution in [0.2, 0.25) is 0 Å². The third-order valence-electron chi connectivity index (χ3n) is 2.27. The molecule has 0 aliphatic heterocycles. The fourth-order valence-electron chi connectivity index (χ4n) is 1.41. The van der Waals surface area contributed by atoms with Crippen LogP contribution in [0.4, 0.5) is 14.5 Å². The van der Waals surface area contributed by atoms with Crippen LogP contribution in [0.1, 0.15) is 5.56 Å². The molecule has 0 aromatic heterocycles. The van der Waals surface area contributed by atoms with Gasteiger partial charge in [0.1, 0.15) is 17.3 Å². The summed E-state index contributed by atoms with van der Waals surface area (Å²) >= 11 is 0. The number of anilines is 1. The molecule has 0 unspecified atom stereocenters. The van der Waals surface area contributed by atoms with Gasteiger partial charge in [0, 0.05) is 20.7 Å². The van der Waals surface area contributed by atoms with Crippen molar-refractivity contribution in [2.75, 3.05) is 32.2 Å². The average molecular weight is 231 g/mol. The summed E-state index contributed by atoms with van der Waals surface area (Å²) in [6.45, 7) is 0.399. The highest BCUT2D eigenvalue weighted by atomic mass is 19.1. The summed E-state index contributed by atoms with van der Waals surface area (Å²) in [6, 6.07) is 2.25. The number of nitrogens with zero attached hydrogens (tertiary/aromatic N) is 1. The molecule has 1 rings (SSSR count). The van der Waals surface area contributed by atoms with Crippen molar-refractivity contribution in [2.24, 2.45) is 0 Å². The molecule has 0 spiro atoms. The van der Waals surface area contributed by atoms with E-state index in [2.05, 4.69) is 0 Å². The van der Waals surface area contributed by atoms with Crippen LogP contribution in [0.3, 0.4) is 0 Å². The number of benzene rings is 1. The first-order valence-electron chi connectivity index (χ1n) is 4.89. The van der Waals surface area contributed by atoms with Crippen LogP contribution in [0, 0.1) is 11.6 Å². The topological polar surface area (TPSA) is 32.7 Å². The Hall–Kier alpha value is -1.20. The van der Waals surface area contributed by atoms with E-state index in [1.165, 1.54) is 12.0 Å². The van der Waals surface area contributed by atoms with Gasteiger partial charge in [0.25, 0.3) is 0 Å². The second-order valence-corrected chi connectivity index (χ2v) is 3.48. The molecule has 0 radical (unpaired) electrons. The van der Waals surface area contributed by atoms with Crippen LogP contribution in [0.15, 0.2) is 12.1 Å².